The van der Waals surface area contributed by atoms with Gasteiger partial charge in [-0.05, 0) is 61.8 Å². The van der Waals surface area contributed by atoms with Crippen LogP contribution in [0.4, 0.5) is 15.0 Å². The van der Waals surface area contributed by atoms with Crippen molar-refractivity contribution in [2.24, 2.45) is 5.92 Å². The maximum absolute atomic E-state index is 13.1. The third kappa shape index (κ3) is 5.85. The molecule has 2 amide bonds. The second-order valence-corrected chi connectivity index (χ2v) is 10.7. The van der Waals surface area contributed by atoms with Crippen molar-refractivity contribution in [3.63, 3.8) is 0 Å². The summed E-state index contributed by atoms with van der Waals surface area (Å²) in [5, 5.41) is 23.9. The molecule has 3 aliphatic rings. The number of carbonyl (C=O) groups is 2. The average Bonchev–Trinajstić information content (AvgIpc) is 3.61. The minimum atomic E-state index is -1.43. The van der Waals surface area contributed by atoms with E-state index in [4.69, 9.17) is 15.2 Å². The minimum absolute atomic E-state index is 0.0733. The number of hydrogen-bond acceptors (Lipinski definition) is 10. The fraction of sp³-hybridized carbons (Fsp3) is 0.464. The van der Waals surface area contributed by atoms with Gasteiger partial charge in [-0.3, -0.25) is 9.36 Å². The number of likely N-dealkylation sites (tertiary alicyclic amines) is 1. The average molecular weight is 580 g/mol. The highest BCUT2D eigenvalue weighted by Crippen LogP contribution is 2.33. The van der Waals surface area contributed by atoms with Gasteiger partial charge < -0.3 is 35.6 Å². The number of halogens is 1. The number of rotatable bonds is 5. The molecule has 220 valence electrons. The zero-order chi connectivity index (χ0) is 29.4. The van der Waals surface area contributed by atoms with Gasteiger partial charge in [-0.15, -0.1) is 0 Å². The molecule has 4 unspecified atom stereocenters. The first-order valence-corrected chi connectivity index (χ1v) is 13.8. The van der Waals surface area contributed by atoms with Gasteiger partial charge in [-0.25, -0.2) is 24.1 Å². The second-order valence-electron chi connectivity index (χ2n) is 10.7. The van der Waals surface area contributed by atoms with Crippen molar-refractivity contribution in [1.29, 1.82) is 0 Å². The fourth-order valence-corrected chi connectivity index (χ4v) is 5.06. The first kappa shape index (κ1) is 27.8. The predicted molar refractivity (Wildman–Crippen MR) is 145 cm³/mol. The molecule has 1 aliphatic carbocycles. The van der Waals surface area contributed by atoms with Crippen LogP contribution in [0.15, 0.2) is 30.6 Å². The lowest BCUT2D eigenvalue weighted by molar-refractivity contribution is -0.137. The number of nitrogens with two attached hydrogens (primary N) is 1. The van der Waals surface area contributed by atoms with Gasteiger partial charge in [-0.2, -0.15) is 0 Å². The normalized spacial score (nSPS) is 24.3. The van der Waals surface area contributed by atoms with Crippen LogP contribution < -0.4 is 15.8 Å². The quantitative estimate of drug-likeness (QED) is 0.320. The van der Waals surface area contributed by atoms with Crippen LogP contribution >= 0.6 is 0 Å². The molecule has 1 aromatic carbocycles. The molecule has 2 saturated heterocycles. The first-order chi connectivity index (χ1) is 20.3. The Kier molecular flexibility index (Phi) is 7.63. The SMILES string of the molecule is Nc1nc(C#CCC2CCN(C(=O)Oc3ccc(F)cc3)CC2)nc2c1ncn2C1OC(C(=O)NC2CC2)C(O)C1O. The highest BCUT2D eigenvalue weighted by molar-refractivity contribution is 5.83. The Morgan fingerprint density at radius 3 is 2.57 bits per heavy atom. The highest BCUT2D eigenvalue weighted by atomic mass is 19.1. The van der Waals surface area contributed by atoms with Crippen molar-refractivity contribution in [1.82, 2.24) is 29.7 Å². The largest absolute Gasteiger partial charge is 0.415 e. The Balaban J connectivity index is 1.08. The molecule has 4 atom stereocenters. The zero-order valence-electron chi connectivity index (χ0n) is 22.5. The summed E-state index contributed by atoms with van der Waals surface area (Å²) >= 11 is 0. The van der Waals surface area contributed by atoms with Crippen LogP contribution in [0.25, 0.3) is 11.2 Å². The van der Waals surface area contributed by atoms with Gasteiger partial charge in [0.25, 0.3) is 5.91 Å². The number of amides is 2. The molecule has 42 heavy (non-hydrogen) atoms. The van der Waals surface area contributed by atoms with Crippen LogP contribution in [0.2, 0.25) is 0 Å². The van der Waals surface area contributed by atoms with E-state index >= 15 is 0 Å². The number of imidazole rings is 1. The number of piperidine rings is 1. The van der Waals surface area contributed by atoms with E-state index in [1.807, 2.05) is 0 Å². The molecule has 3 fully saturated rings. The van der Waals surface area contributed by atoms with E-state index in [-0.39, 0.29) is 40.5 Å². The number of aliphatic hydroxyl groups is 2. The molecule has 13 nitrogen and oxygen atoms in total. The van der Waals surface area contributed by atoms with Gasteiger partial charge in [0.15, 0.2) is 23.8 Å². The Labute approximate surface area is 239 Å². The van der Waals surface area contributed by atoms with Gasteiger partial charge in [0.2, 0.25) is 5.82 Å². The highest BCUT2D eigenvalue weighted by Gasteiger charge is 2.48. The summed E-state index contributed by atoms with van der Waals surface area (Å²) < 4.78 is 25.6. The molecule has 2 aromatic heterocycles. The van der Waals surface area contributed by atoms with Crippen molar-refractivity contribution >= 4 is 29.0 Å². The maximum Gasteiger partial charge on any atom is 0.415 e. The molecule has 6 rings (SSSR count). The van der Waals surface area contributed by atoms with E-state index in [1.165, 1.54) is 35.2 Å². The molecular weight excluding hydrogens is 549 g/mol. The standard InChI is InChI=1S/C28H30FN7O6/c29-16-4-8-18(9-5-16)41-28(40)35-12-10-15(11-13-35)2-1-3-19-33-24(30)20-25(34-19)36(14-31-20)27-22(38)21(37)23(42-27)26(39)32-17-6-7-17/h4-5,8-9,14-15,17,21-23,27,37-38H,2,6-7,10-13H2,(H,32,39)(H2,30,33,34). The smallest absolute Gasteiger partial charge is 0.410 e. The van der Waals surface area contributed by atoms with Crippen molar-refractivity contribution in [2.75, 3.05) is 18.8 Å². The molecule has 0 spiro atoms. The topological polar surface area (TPSA) is 178 Å². The van der Waals surface area contributed by atoms with Crippen molar-refractivity contribution in [3.05, 3.63) is 42.2 Å². The Morgan fingerprint density at radius 2 is 1.86 bits per heavy atom. The summed E-state index contributed by atoms with van der Waals surface area (Å²) in [5.74, 6) is 5.92. The summed E-state index contributed by atoms with van der Waals surface area (Å²) in [6.07, 6.45) is -0.528. The van der Waals surface area contributed by atoms with E-state index in [0.717, 1.165) is 25.7 Å². The Hall–Kier alpha value is -4.32. The molecular formula is C28H30FN7O6. The number of hydrogen-bond donors (Lipinski definition) is 4. The van der Waals surface area contributed by atoms with Crippen LogP contribution in [-0.2, 0) is 9.53 Å². The number of nitrogens with zero attached hydrogens (tertiary/aromatic N) is 5. The molecule has 3 aromatic rings. The first-order valence-electron chi connectivity index (χ1n) is 13.8. The number of ether oxygens (including phenoxy) is 2. The van der Waals surface area contributed by atoms with Crippen molar-refractivity contribution in [2.45, 2.75) is 62.7 Å². The van der Waals surface area contributed by atoms with Crippen LogP contribution in [0.3, 0.4) is 0 Å². The predicted octanol–water partition coefficient (Wildman–Crippen LogP) is 1.10. The van der Waals surface area contributed by atoms with Crippen LogP contribution in [-0.4, -0.2) is 84.1 Å². The van der Waals surface area contributed by atoms with Crippen LogP contribution in [0.1, 0.15) is 44.2 Å². The van der Waals surface area contributed by atoms with Gasteiger partial charge in [0.05, 0.1) is 6.33 Å². The summed E-state index contributed by atoms with van der Waals surface area (Å²) in [6.45, 7) is 1.02. The molecule has 4 heterocycles. The summed E-state index contributed by atoms with van der Waals surface area (Å²) in [4.78, 5) is 39.4. The molecule has 1 saturated carbocycles. The number of aliphatic hydroxyl groups excluding tert-OH is 2. The maximum atomic E-state index is 13.1. The molecule has 14 heteroatoms. The van der Waals surface area contributed by atoms with Crippen molar-refractivity contribution in [3.8, 4) is 17.6 Å². The van der Waals surface area contributed by atoms with E-state index in [9.17, 15) is 24.2 Å². The number of benzene rings is 1. The second kappa shape index (κ2) is 11.5. The number of carbonyl (C=O) groups excluding carboxylic acids is 2. The third-order valence-corrected chi connectivity index (χ3v) is 7.63. The van der Waals surface area contributed by atoms with E-state index in [1.54, 1.807) is 4.90 Å². The lowest BCUT2D eigenvalue weighted by atomic mass is 9.94. The molecule has 0 radical (unpaired) electrons. The van der Waals surface area contributed by atoms with E-state index in [0.29, 0.717) is 19.5 Å². The van der Waals surface area contributed by atoms with Gasteiger partial charge in [-0.1, -0.05) is 5.92 Å². The number of fused-ring (bicyclic) bond motifs is 1. The number of aromatic nitrogens is 4. The fourth-order valence-electron chi connectivity index (χ4n) is 5.06. The number of nitrogens with one attached hydrogen (secondary N) is 1. The van der Waals surface area contributed by atoms with Crippen LogP contribution in [0, 0.1) is 23.6 Å². The lowest BCUT2D eigenvalue weighted by Gasteiger charge is -2.30. The number of nitrogen functional groups attached to an aromatic ring is 1. The summed E-state index contributed by atoms with van der Waals surface area (Å²) in [5.41, 5.74) is 6.63. The van der Waals surface area contributed by atoms with Crippen molar-refractivity contribution < 1.29 is 33.7 Å². The summed E-state index contributed by atoms with van der Waals surface area (Å²) in [7, 11) is 0. The monoisotopic (exact) mass is 579 g/mol. The third-order valence-electron chi connectivity index (χ3n) is 7.63. The molecule has 2 aliphatic heterocycles. The summed E-state index contributed by atoms with van der Waals surface area (Å²) in [6, 6.07) is 5.36. The van der Waals surface area contributed by atoms with E-state index < -0.39 is 42.4 Å². The van der Waals surface area contributed by atoms with Gasteiger partial charge >= 0.3 is 6.09 Å². The Bertz CT molecular complexity index is 1540. The zero-order valence-corrected chi connectivity index (χ0v) is 22.5. The van der Waals surface area contributed by atoms with E-state index in [2.05, 4.69) is 32.1 Å². The van der Waals surface area contributed by atoms with Crippen LogP contribution in [0.5, 0.6) is 5.75 Å². The van der Waals surface area contributed by atoms with Gasteiger partial charge in [0, 0.05) is 25.6 Å². The minimum Gasteiger partial charge on any atom is -0.410 e. The number of anilines is 1. The molecule has 0 bridgehead atoms. The Morgan fingerprint density at radius 1 is 1.12 bits per heavy atom. The molecule has 5 N–H and O–H groups in total. The lowest BCUT2D eigenvalue weighted by Crippen LogP contribution is -2.43. The van der Waals surface area contributed by atoms with Gasteiger partial charge in [0.1, 0.15) is 29.3 Å².